The average molecular weight is 364 g/mol. The fourth-order valence-corrected chi connectivity index (χ4v) is 3.26. The number of hydrogen-bond donors (Lipinski definition) is 1. The third-order valence-corrected chi connectivity index (χ3v) is 4.48. The van der Waals surface area contributed by atoms with E-state index in [0.29, 0.717) is 4.68 Å². The largest absolute Gasteiger partial charge is 0.435 e. The van der Waals surface area contributed by atoms with Crippen molar-refractivity contribution in [1.29, 1.82) is 0 Å². The average Bonchev–Trinajstić information content (AvgIpc) is 2.94. The number of nitrogens with zero attached hydrogens (tertiary/aromatic N) is 2. The lowest BCUT2D eigenvalue weighted by Crippen LogP contribution is -2.32. The Hall–Kier alpha value is -1.39. The normalized spacial score (nSPS) is 36.0. The number of halogens is 8. The van der Waals surface area contributed by atoms with E-state index in [9.17, 15) is 40.2 Å². The molecule has 0 aromatic carbocycles. The van der Waals surface area contributed by atoms with Crippen molar-refractivity contribution in [2.75, 3.05) is 0 Å². The lowest BCUT2D eigenvalue weighted by molar-refractivity contribution is -0.157. The zero-order valence-electron chi connectivity index (χ0n) is 11.9. The van der Waals surface area contributed by atoms with Gasteiger partial charge in [-0.25, -0.2) is 13.2 Å². The number of fused-ring (bicyclic) bond motifs is 1. The van der Waals surface area contributed by atoms with E-state index in [1.807, 2.05) is 0 Å². The number of aliphatic hydroxyl groups is 1. The molecule has 0 amide bonds. The van der Waals surface area contributed by atoms with Crippen LogP contribution in [-0.2, 0) is 6.18 Å². The van der Waals surface area contributed by atoms with E-state index in [1.54, 1.807) is 0 Å². The van der Waals surface area contributed by atoms with Crippen LogP contribution in [0.15, 0.2) is 0 Å². The first-order chi connectivity index (χ1) is 11.0. The van der Waals surface area contributed by atoms with Crippen LogP contribution in [0.1, 0.15) is 54.5 Å². The summed E-state index contributed by atoms with van der Waals surface area (Å²) in [6.45, 7) is 0. The van der Waals surface area contributed by atoms with Crippen LogP contribution < -0.4 is 0 Å². The summed E-state index contributed by atoms with van der Waals surface area (Å²) in [5.74, 6) is -4.46. The summed E-state index contributed by atoms with van der Waals surface area (Å²) in [5, 5.41) is 12.6. The van der Waals surface area contributed by atoms with Crippen LogP contribution in [0.2, 0.25) is 0 Å². The Bertz CT molecular complexity index is 643. The van der Waals surface area contributed by atoms with Crippen molar-refractivity contribution in [3.8, 4) is 0 Å². The summed E-state index contributed by atoms with van der Waals surface area (Å²) in [4.78, 5) is 0. The molecule has 5 atom stereocenters. The molecule has 3 nitrogen and oxygen atoms in total. The van der Waals surface area contributed by atoms with Crippen molar-refractivity contribution in [1.82, 2.24) is 9.78 Å². The van der Waals surface area contributed by atoms with E-state index < -0.39 is 66.1 Å². The van der Waals surface area contributed by atoms with Crippen molar-refractivity contribution in [2.45, 2.75) is 62.0 Å². The van der Waals surface area contributed by atoms with Gasteiger partial charge < -0.3 is 5.11 Å². The molecule has 0 radical (unpaired) electrons. The van der Waals surface area contributed by atoms with Gasteiger partial charge in [-0.3, -0.25) is 4.68 Å². The quantitative estimate of drug-likeness (QED) is 0.765. The highest BCUT2D eigenvalue weighted by molar-refractivity contribution is 5.40. The summed E-state index contributed by atoms with van der Waals surface area (Å²) in [7, 11) is 0. The third kappa shape index (κ3) is 2.39. The maximum atomic E-state index is 14.0. The Balaban J connectivity index is 2.11. The van der Waals surface area contributed by atoms with Gasteiger partial charge in [0.25, 0.3) is 0 Å². The van der Waals surface area contributed by atoms with E-state index >= 15 is 0 Å². The summed E-state index contributed by atoms with van der Waals surface area (Å²) >= 11 is 0. The second-order valence-electron chi connectivity index (χ2n) is 6.03. The van der Waals surface area contributed by atoms with Gasteiger partial charge in [-0.1, -0.05) is 0 Å². The molecule has 136 valence electrons. The molecule has 1 aromatic rings. The molecule has 1 saturated carbocycles. The lowest BCUT2D eigenvalue weighted by atomic mass is 9.92. The first kappa shape index (κ1) is 17.4. The van der Waals surface area contributed by atoms with E-state index in [0.717, 1.165) is 0 Å². The molecule has 0 saturated heterocycles. The number of rotatable bonds is 1. The second-order valence-corrected chi connectivity index (χ2v) is 6.03. The molecule has 0 spiro atoms. The van der Waals surface area contributed by atoms with Gasteiger partial charge in [0.15, 0.2) is 5.69 Å². The summed E-state index contributed by atoms with van der Waals surface area (Å²) in [6.07, 6.45) is -16.4. The molecular formula is C13H12F8N2O. The van der Waals surface area contributed by atoms with Crippen molar-refractivity contribution >= 4 is 0 Å². The lowest BCUT2D eigenvalue weighted by Gasteiger charge is -2.29. The molecule has 0 aliphatic heterocycles. The Morgan fingerprint density at radius 3 is 2.25 bits per heavy atom. The van der Waals surface area contributed by atoms with Crippen molar-refractivity contribution in [3.63, 3.8) is 0 Å². The number of aromatic nitrogens is 2. The maximum Gasteiger partial charge on any atom is 0.435 e. The van der Waals surface area contributed by atoms with Gasteiger partial charge in [-0.15, -0.1) is 0 Å². The molecule has 2 aliphatic carbocycles. The first-order valence-electron chi connectivity index (χ1n) is 7.13. The number of hydrogen-bond acceptors (Lipinski definition) is 2. The van der Waals surface area contributed by atoms with Gasteiger partial charge in [0.05, 0.1) is 11.7 Å². The summed E-state index contributed by atoms with van der Waals surface area (Å²) in [5.41, 5.74) is -4.28. The molecular weight excluding hydrogens is 352 g/mol. The van der Waals surface area contributed by atoms with Gasteiger partial charge >= 0.3 is 12.1 Å². The fraction of sp³-hybridized carbons (Fsp3) is 0.769. The Morgan fingerprint density at radius 2 is 1.71 bits per heavy atom. The minimum atomic E-state index is -5.21. The predicted molar refractivity (Wildman–Crippen MR) is 63.7 cm³/mol. The molecule has 1 heterocycles. The third-order valence-electron chi connectivity index (χ3n) is 4.48. The van der Waals surface area contributed by atoms with E-state index in [4.69, 9.17) is 0 Å². The van der Waals surface area contributed by atoms with Crippen molar-refractivity contribution in [3.05, 3.63) is 17.0 Å². The summed E-state index contributed by atoms with van der Waals surface area (Å²) in [6, 6.07) is -1.20. The Kier molecular flexibility index (Phi) is 3.85. The monoisotopic (exact) mass is 364 g/mol. The SMILES string of the molecule is O[C@H]1c2c(C(F)(F)F)nn(C3CC[C@@H](F)[C@@H](F)C3)c2[C@@H](F)C1(F)F. The zero-order valence-corrected chi connectivity index (χ0v) is 11.9. The number of alkyl halides is 8. The molecule has 11 heteroatoms. The second kappa shape index (κ2) is 5.30. The molecule has 24 heavy (non-hydrogen) atoms. The first-order valence-corrected chi connectivity index (χ1v) is 7.13. The smallest absolute Gasteiger partial charge is 0.382 e. The van der Waals surface area contributed by atoms with Crippen LogP contribution in [0, 0.1) is 0 Å². The van der Waals surface area contributed by atoms with Gasteiger partial charge in [0.2, 0.25) is 6.17 Å². The zero-order chi connectivity index (χ0) is 18.0. The standard InChI is InChI=1S/C13H12F8N2O/c14-5-2-1-4(3-6(5)15)23-8-7(10(22-23)13(19,20)21)11(24)12(17,18)9(8)16/h4-6,9,11,24H,1-3H2/t4?,5-,6+,9-,11+/m1/s1. The molecule has 3 rings (SSSR count). The molecule has 1 N–H and O–H groups in total. The van der Waals surface area contributed by atoms with Crippen LogP contribution in [-0.4, -0.2) is 33.2 Å². The fourth-order valence-electron chi connectivity index (χ4n) is 3.26. The Labute approximate surface area is 130 Å². The van der Waals surface area contributed by atoms with Gasteiger partial charge in [-0.05, 0) is 12.8 Å². The van der Waals surface area contributed by atoms with E-state index in [1.165, 1.54) is 0 Å². The van der Waals surface area contributed by atoms with Crippen LogP contribution in [0.3, 0.4) is 0 Å². The molecule has 2 aliphatic rings. The number of aliphatic hydroxyl groups excluding tert-OH is 1. The van der Waals surface area contributed by atoms with Gasteiger partial charge in [0.1, 0.15) is 18.4 Å². The van der Waals surface area contributed by atoms with Gasteiger partial charge in [-0.2, -0.15) is 27.1 Å². The van der Waals surface area contributed by atoms with Crippen LogP contribution >= 0.6 is 0 Å². The highest BCUT2D eigenvalue weighted by Gasteiger charge is 2.62. The van der Waals surface area contributed by atoms with Crippen molar-refractivity contribution in [2.24, 2.45) is 0 Å². The topological polar surface area (TPSA) is 38.1 Å². The highest BCUT2D eigenvalue weighted by Crippen LogP contribution is 2.56. The molecule has 1 fully saturated rings. The molecule has 0 bridgehead atoms. The van der Waals surface area contributed by atoms with Crippen LogP contribution in [0.25, 0.3) is 0 Å². The van der Waals surface area contributed by atoms with E-state index in [-0.39, 0.29) is 12.8 Å². The van der Waals surface area contributed by atoms with Crippen molar-refractivity contribution < 1.29 is 40.2 Å². The molecule has 1 aromatic heterocycles. The maximum absolute atomic E-state index is 14.0. The minimum absolute atomic E-state index is 0.179. The highest BCUT2D eigenvalue weighted by atomic mass is 19.4. The van der Waals surface area contributed by atoms with Gasteiger partial charge in [0, 0.05) is 12.0 Å². The van der Waals surface area contributed by atoms with E-state index in [2.05, 4.69) is 5.10 Å². The van der Waals surface area contributed by atoms with Crippen LogP contribution in [0.4, 0.5) is 35.1 Å². The Morgan fingerprint density at radius 1 is 1.08 bits per heavy atom. The predicted octanol–water partition coefficient (Wildman–Crippen LogP) is 4.00. The van der Waals surface area contributed by atoms with Crippen LogP contribution in [0.5, 0.6) is 0 Å². The minimum Gasteiger partial charge on any atom is -0.382 e. The summed E-state index contributed by atoms with van der Waals surface area (Å²) < 4.78 is 107. The molecule has 1 unspecified atom stereocenters.